The molecule has 7 aromatic rings. The third kappa shape index (κ3) is 4.83. The standard InChI is InChI=1S/C41H33NO2/c1-28-17-18-32(42(30-19-23-33(43-2)24-20-30)31-21-25-34(44-3)26-22-31)27-39(28)41-37-15-9-7-13-35(37)40(29-11-5-4-6-12-29)36-14-8-10-16-38(36)41/h4-27H,1-3H3. The average Bonchev–Trinajstić information content (AvgIpc) is 3.09. The lowest BCUT2D eigenvalue weighted by Crippen LogP contribution is -2.10. The van der Waals surface area contributed by atoms with Gasteiger partial charge >= 0.3 is 0 Å². The Morgan fingerprint density at radius 1 is 0.432 bits per heavy atom. The third-order valence-electron chi connectivity index (χ3n) is 8.40. The zero-order valence-electron chi connectivity index (χ0n) is 25.1. The van der Waals surface area contributed by atoms with Gasteiger partial charge in [-0.3, -0.25) is 0 Å². The largest absolute Gasteiger partial charge is 0.497 e. The van der Waals surface area contributed by atoms with Crippen LogP contribution in [0.25, 0.3) is 43.8 Å². The smallest absolute Gasteiger partial charge is 0.119 e. The first-order valence-corrected chi connectivity index (χ1v) is 14.8. The summed E-state index contributed by atoms with van der Waals surface area (Å²) < 4.78 is 10.9. The molecule has 0 amide bonds. The zero-order valence-corrected chi connectivity index (χ0v) is 25.1. The number of hydrogen-bond donors (Lipinski definition) is 0. The van der Waals surface area contributed by atoms with Crippen molar-refractivity contribution >= 4 is 38.6 Å². The van der Waals surface area contributed by atoms with Gasteiger partial charge in [0.2, 0.25) is 0 Å². The Labute approximate surface area is 258 Å². The maximum Gasteiger partial charge on any atom is 0.119 e. The fourth-order valence-electron chi connectivity index (χ4n) is 6.26. The molecule has 0 radical (unpaired) electrons. The molecule has 3 nitrogen and oxygen atoms in total. The number of anilines is 3. The van der Waals surface area contributed by atoms with Crippen LogP contribution < -0.4 is 14.4 Å². The highest BCUT2D eigenvalue weighted by atomic mass is 16.5. The Balaban J connectivity index is 1.49. The van der Waals surface area contributed by atoms with E-state index in [-0.39, 0.29) is 0 Å². The third-order valence-corrected chi connectivity index (χ3v) is 8.40. The van der Waals surface area contributed by atoms with E-state index in [9.17, 15) is 0 Å². The van der Waals surface area contributed by atoms with E-state index in [1.54, 1.807) is 14.2 Å². The van der Waals surface area contributed by atoms with E-state index in [2.05, 4.69) is 133 Å². The van der Waals surface area contributed by atoms with Gasteiger partial charge in [-0.2, -0.15) is 0 Å². The van der Waals surface area contributed by atoms with Crippen molar-refractivity contribution in [1.29, 1.82) is 0 Å². The predicted molar refractivity (Wildman–Crippen MR) is 185 cm³/mol. The van der Waals surface area contributed by atoms with Crippen LogP contribution in [0.5, 0.6) is 11.5 Å². The number of rotatable bonds is 7. The second-order valence-corrected chi connectivity index (χ2v) is 10.9. The van der Waals surface area contributed by atoms with Crippen molar-refractivity contribution < 1.29 is 9.47 Å². The molecule has 0 saturated heterocycles. The minimum atomic E-state index is 0.824. The van der Waals surface area contributed by atoms with Crippen LogP contribution in [0.2, 0.25) is 0 Å². The quantitative estimate of drug-likeness (QED) is 0.178. The van der Waals surface area contributed by atoms with Crippen LogP contribution in [-0.2, 0) is 0 Å². The molecule has 0 unspecified atom stereocenters. The van der Waals surface area contributed by atoms with Gasteiger partial charge < -0.3 is 14.4 Å². The highest BCUT2D eigenvalue weighted by Crippen LogP contribution is 2.46. The van der Waals surface area contributed by atoms with E-state index in [1.165, 1.54) is 49.4 Å². The lowest BCUT2D eigenvalue weighted by Gasteiger charge is -2.27. The average molecular weight is 572 g/mol. The summed E-state index contributed by atoms with van der Waals surface area (Å²) in [6, 6.07) is 51.6. The number of benzene rings is 7. The maximum atomic E-state index is 5.47. The van der Waals surface area contributed by atoms with Crippen LogP contribution in [0.15, 0.2) is 146 Å². The van der Waals surface area contributed by atoms with Crippen molar-refractivity contribution in [3.05, 3.63) is 151 Å². The molecular formula is C41H33NO2. The Bertz CT molecular complexity index is 1980. The Hall–Kier alpha value is -5.54. The molecule has 0 spiro atoms. The van der Waals surface area contributed by atoms with E-state index < -0.39 is 0 Å². The lowest BCUT2D eigenvalue weighted by atomic mass is 9.85. The van der Waals surface area contributed by atoms with Crippen LogP contribution >= 0.6 is 0 Å². The molecular weight excluding hydrogens is 538 g/mol. The maximum absolute atomic E-state index is 5.47. The SMILES string of the molecule is COc1ccc(N(c2ccc(OC)cc2)c2ccc(C)c(-c3c4ccccc4c(-c4ccccc4)c4ccccc34)c2)cc1. The number of hydrogen-bond acceptors (Lipinski definition) is 3. The Morgan fingerprint density at radius 2 is 0.864 bits per heavy atom. The first-order valence-electron chi connectivity index (χ1n) is 14.8. The number of ether oxygens (including phenoxy) is 2. The molecule has 0 atom stereocenters. The second-order valence-electron chi connectivity index (χ2n) is 10.9. The van der Waals surface area contributed by atoms with E-state index in [1.807, 2.05) is 24.3 Å². The van der Waals surface area contributed by atoms with Gasteiger partial charge in [-0.15, -0.1) is 0 Å². The van der Waals surface area contributed by atoms with Crippen LogP contribution in [-0.4, -0.2) is 14.2 Å². The van der Waals surface area contributed by atoms with Crippen molar-refractivity contribution in [3.8, 4) is 33.8 Å². The van der Waals surface area contributed by atoms with Gasteiger partial charge in [-0.05, 0) is 117 Å². The molecule has 3 heteroatoms. The van der Waals surface area contributed by atoms with Gasteiger partial charge in [0, 0.05) is 17.1 Å². The summed E-state index contributed by atoms with van der Waals surface area (Å²) >= 11 is 0. The molecule has 0 bridgehead atoms. The van der Waals surface area contributed by atoms with E-state index in [0.29, 0.717) is 0 Å². The summed E-state index contributed by atoms with van der Waals surface area (Å²) in [5.41, 5.74) is 9.33. The van der Waals surface area contributed by atoms with Crippen molar-refractivity contribution in [2.75, 3.05) is 19.1 Å². The number of fused-ring (bicyclic) bond motifs is 2. The summed E-state index contributed by atoms with van der Waals surface area (Å²) in [7, 11) is 3.39. The molecule has 0 heterocycles. The molecule has 7 rings (SSSR count). The molecule has 44 heavy (non-hydrogen) atoms. The van der Waals surface area contributed by atoms with E-state index in [0.717, 1.165) is 28.6 Å². The Morgan fingerprint density at radius 3 is 1.34 bits per heavy atom. The number of methoxy groups -OCH3 is 2. The second kappa shape index (κ2) is 11.6. The highest BCUT2D eigenvalue weighted by Gasteiger charge is 2.20. The Kier molecular flexibility index (Phi) is 7.21. The van der Waals surface area contributed by atoms with Crippen LogP contribution in [0.4, 0.5) is 17.1 Å². The van der Waals surface area contributed by atoms with E-state index >= 15 is 0 Å². The minimum absolute atomic E-state index is 0.824. The van der Waals surface area contributed by atoms with E-state index in [4.69, 9.17) is 9.47 Å². The molecule has 0 aliphatic rings. The monoisotopic (exact) mass is 571 g/mol. The first kappa shape index (κ1) is 27.3. The summed E-state index contributed by atoms with van der Waals surface area (Å²) in [4.78, 5) is 2.28. The normalized spacial score (nSPS) is 11.1. The van der Waals surface area contributed by atoms with Crippen LogP contribution in [0, 0.1) is 6.92 Å². The van der Waals surface area contributed by atoms with Gasteiger partial charge in [0.25, 0.3) is 0 Å². The lowest BCUT2D eigenvalue weighted by molar-refractivity contribution is 0.415. The molecule has 7 aromatic carbocycles. The predicted octanol–water partition coefficient (Wildman–Crippen LogP) is 11.1. The minimum Gasteiger partial charge on any atom is -0.497 e. The number of nitrogens with zero attached hydrogens (tertiary/aromatic N) is 1. The first-order chi connectivity index (χ1) is 21.7. The summed E-state index contributed by atoms with van der Waals surface area (Å²) in [5, 5.41) is 4.98. The molecule has 0 fully saturated rings. The highest BCUT2D eigenvalue weighted by molar-refractivity contribution is 6.21. The van der Waals surface area contributed by atoms with Gasteiger partial charge in [0.05, 0.1) is 14.2 Å². The summed E-state index contributed by atoms with van der Waals surface area (Å²) in [5.74, 6) is 1.65. The fraction of sp³-hybridized carbons (Fsp3) is 0.0732. The van der Waals surface area contributed by atoms with Crippen molar-refractivity contribution in [2.24, 2.45) is 0 Å². The molecule has 0 saturated carbocycles. The molecule has 0 aliphatic heterocycles. The number of aryl methyl sites for hydroxylation is 1. The topological polar surface area (TPSA) is 21.7 Å². The van der Waals surface area contributed by atoms with Crippen molar-refractivity contribution in [2.45, 2.75) is 6.92 Å². The van der Waals surface area contributed by atoms with Crippen molar-refractivity contribution in [3.63, 3.8) is 0 Å². The van der Waals surface area contributed by atoms with Gasteiger partial charge in [0.1, 0.15) is 11.5 Å². The van der Waals surface area contributed by atoms with Crippen LogP contribution in [0.3, 0.4) is 0 Å². The van der Waals surface area contributed by atoms with Crippen molar-refractivity contribution in [1.82, 2.24) is 0 Å². The summed E-state index contributed by atoms with van der Waals surface area (Å²) in [6.45, 7) is 2.21. The van der Waals surface area contributed by atoms with Gasteiger partial charge in [-0.1, -0.05) is 84.9 Å². The molecule has 0 aliphatic carbocycles. The van der Waals surface area contributed by atoms with Crippen LogP contribution in [0.1, 0.15) is 5.56 Å². The molecule has 214 valence electrons. The zero-order chi connectivity index (χ0) is 30.0. The van der Waals surface area contributed by atoms with Gasteiger partial charge in [0.15, 0.2) is 0 Å². The molecule has 0 aromatic heterocycles. The van der Waals surface area contributed by atoms with Gasteiger partial charge in [-0.25, -0.2) is 0 Å². The summed E-state index contributed by atoms with van der Waals surface area (Å²) in [6.07, 6.45) is 0. The molecule has 0 N–H and O–H groups in total. The fourth-order valence-corrected chi connectivity index (χ4v) is 6.26.